The Morgan fingerprint density at radius 2 is 1.84 bits per heavy atom. The van der Waals surface area contributed by atoms with Crippen LogP contribution in [0.5, 0.6) is 11.5 Å². The van der Waals surface area contributed by atoms with Crippen LogP contribution < -0.4 is 20.1 Å². The van der Waals surface area contributed by atoms with Crippen LogP contribution in [0.15, 0.2) is 48.5 Å². The van der Waals surface area contributed by atoms with Gasteiger partial charge in [-0.2, -0.15) is 0 Å². The van der Waals surface area contributed by atoms with Crippen molar-refractivity contribution in [3.05, 3.63) is 59.7 Å². The molecule has 1 saturated heterocycles. The number of methoxy groups -OCH3 is 2. The molecular formula is C23H27N3O6. The molecule has 4 amide bonds. The number of benzene rings is 2. The van der Waals surface area contributed by atoms with Crippen LogP contribution in [0.2, 0.25) is 0 Å². The number of hydrogen-bond donors (Lipinski definition) is 3. The van der Waals surface area contributed by atoms with Gasteiger partial charge in [0.1, 0.15) is 6.04 Å². The van der Waals surface area contributed by atoms with E-state index in [2.05, 4.69) is 10.6 Å². The molecule has 0 spiro atoms. The van der Waals surface area contributed by atoms with Gasteiger partial charge in [-0.3, -0.25) is 14.5 Å². The fourth-order valence-electron chi connectivity index (χ4n) is 3.56. The smallest absolute Gasteiger partial charge is 0.324 e. The van der Waals surface area contributed by atoms with E-state index in [1.165, 1.54) is 7.11 Å². The molecule has 9 heteroatoms. The Morgan fingerprint density at radius 3 is 2.50 bits per heavy atom. The molecule has 1 fully saturated rings. The van der Waals surface area contributed by atoms with Crippen LogP contribution in [0.4, 0.5) is 4.79 Å². The van der Waals surface area contributed by atoms with Gasteiger partial charge in [0.15, 0.2) is 11.5 Å². The van der Waals surface area contributed by atoms with Crippen molar-refractivity contribution in [3.8, 4) is 11.5 Å². The van der Waals surface area contributed by atoms with E-state index in [0.717, 1.165) is 16.0 Å². The number of urea groups is 1. The van der Waals surface area contributed by atoms with Gasteiger partial charge >= 0.3 is 6.03 Å². The fourth-order valence-corrected chi connectivity index (χ4v) is 3.56. The summed E-state index contributed by atoms with van der Waals surface area (Å²) >= 11 is 0. The summed E-state index contributed by atoms with van der Waals surface area (Å²) in [7, 11) is 3.08. The lowest BCUT2D eigenvalue weighted by atomic mass is 10.1. The summed E-state index contributed by atoms with van der Waals surface area (Å²) < 4.78 is 10.5. The molecule has 0 saturated carbocycles. The topological polar surface area (TPSA) is 117 Å². The van der Waals surface area contributed by atoms with E-state index in [4.69, 9.17) is 9.47 Å². The van der Waals surface area contributed by atoms with Gasteiger partial charge in [-0.25, -0.2) is 4.79 Å². The summed E-state index contributed by atoms with van der Waals surface area (Å²) in [6.07, 6.45) is 0.222. The Bertz CT molecular complexity index is 965. The minimum absolute atomic E-state index is 0.168. The highest BCUT2D eigenvalue weighted by molar-refractivity contribution is 6.05. The van der Waals surface area contributed by atoms with Crippen molar-refractivity contribution in [1.29, 1.82) is 0 Å². The summed E-state index contributed by atoms with van der Waals surface area (Å²) in [6.45, 7) is -0.111. The number of rotatable bonds is 10. The molecular weight excluding hydrogens is 414 g/mol. The zero-order chi connectivity index (χ0) is 23.1. The maximum Gasteiger partial charge on any atom is 0.324 e. The minimum Gasteiger partial charge on any atom is -0.493 e. The first kappa shape index (κ1) is 23.1. The average molecular weight is 441 g/mol. The van der Waals surface area contributed by atoms with Gasteiger partial charge in [-0.05, 0) is 29.7 Å². The Morgan fingerprint density at radius 1 is 1.12 bits per heavy atom. The van der Waals surface area contributed by atoms with Gasteiger partial charge in [-0.1, -0.05) is 36.4 Å². The number of carbonyl (C=O) groups is 3. The Hall–Kier alpha value is -3.59. The van der Waals surface area contributed by atoms with Crippen LogP contribution in [-0.2, 0) is 16.0 Å². The van der Waals surface area contributed by atoms with Crippen molar-refractivity contribution in [1.82, 2.24) is 15.5 Å². The quantitative estimate of drug-likeness (QED) is 0.480. The second kappa shape index (κ2) is 10.6. The van der Waals surface area contributed by atoms with Crippen LogP contribution in [0.3, 0.4) is 0 Å². The second-order valence-corrected chi connectivity index (χ2v) is 7.35. The largest absolute Gasteiger partial charge is 0.493 e. The van der Waals surface area contributed by atoms with Gasteiger partial charge in [0.2, 0.25) is 5.91 Å². The Labute approximate surface area is 186 Å². The Balaban J connectivity index is 1.56. The van der Waals surface area contributed by atoms with Crippen molar-refractivity contribution in [3.63, 3.8) is 0 Å². The van der Waals surface area contributed by atoms with Crippen LogP contribution in [0, 0.1) is 0 Å². The van der Waals surface area contributed by atoms with E-state index in [1.807, 2.05) is 12.1 Å². The Kier molecular flexibility index (Phi) is 7.67. The lowest BCUT2D eigenvalue weighted by molar-refractivity contribution is -0.131. The lowest BCUT2D eigenvalue weighted by Crippen LogP contribution is -2.38. The normalized spacial score (nSPS) is 16.5. The molecule has 9 nitrogen and oxygen atoms in total. The summed E-state index contributed by atoms with van der Waals surface area (Å²) in [5, 5.41) is 14.9. The maximum absolute atomic E-state index is 12.7. The zero-order valence-corrected chi connectivity index (χ0v) is 18.0. The number of ether oxygens (including phenoxy) is 2. The van der Waals surface area contributed by atoms with Crippen molar-refractivity contribution >= 4 is 17.8 Å². The number of aliphatic hydroxyl groups excluding tert-OH is 1. The van der Waals surface area contributed by atoms with Crippen molar-refractivity contribution in [2.75, 3.05) is 27.4 Å². The molecule has 0 aliphatic carbocycles. The molecule has 3 N–H and O–H groups in total. The van der Waals surface area contributed by atoms with Crippen molar-refractivity contribution in [2.24, 2.45) is 0 Å². The predicted molar refractivity (Wildman–Crippen MR) is 116 cm³/mol. The summed E-state index contributed by atoms with van der Waals surface area (Å²) in [5.41, 5.74) is 1.62. The van der Waals surface area contributed by atoms with Crippen molar-refractivity contribution in [2.45, 2.75) is 24.9 Å². The number of hydrogen-bond acceptors (Lipinski definition) is 6. The highest BCUT2D eigenvalue weighted by Crippen LogP contribution is 2.28. The predicted octanol–water partition coefficient (Wildman–Crippen LogP) is 1.41. The molecule has 32 heavy (non-hydrogen) atoms. The highest BCUT2D eigenvalue weighted by atomic mass is 16.5. The van der Waals surface area contributed by atoms with Gasteiger partial charge in [0, 0.05) is 6.54 Å². The van der Waals surface area contributed by atoms with E-state index >= 15 is 0 Å². The molecule has 0 aromatic heterocycles. The molecule has 3 rings (SSSR count). The number of carbonyl (C=O) groups excluding carboxylic acids is 3. The third kappa shape index (κ3) is 5.36. The summed E-state index contributed by atoms with van der Waals surface area (Å²) in [4.78, 5) is 38.5. The zero-order valence-electron chi connectivity index (χ0n) is 18.0. The minimum atomic E-state index is -0.942. The molecule has 0 bridgehead atoms. The number of aliphatic hydroxyl groups is 1. The van der Waals surface area contributed by atoms with Crippen LogP contribution in [0.1, 0.15) is 23.6 Å². The van der Waals surface area contributed by atoms with E-state index in [1.54, 1.807) is 43.5 Å². The SMILES string of the molecule is COc1ccc(CCN2C(=O)N[C@H](CC(=O)N[C@@H](CO)c3ccccc3)C2=O)cc1OC. The van der Waals surface area contributed by atoms with Crippen LogP contribution in [0.25, 0.3) is 0 Å². The van der Waals surface area contributed by atoms with Gasteiger partial charge in [0.05, 0.1) is 33.3 Å². The molecule has 2 aromatic carbocycles. The fraction of sp³-hybridized carbons (Fsp3) is 0.348. The average Bonchev–Trinajstić information content (AvgIpc) is 3.08. The molecule has 170 valence electrons. The molecule has 1 aliphatic rings. The number of imide groups is 1. The number of nitrogens with one attached hydrogen (secondary N) is 2. The van der Waals surface area contributed by atoms with E-state index < -0.39 is 29.9 Å². The third-order valence-corrected chi connectivity index (χ3v) is 5.29. The van der Waals surface area contributed by atoms with Gasteiger partial charge < -0.3 is 25.2 Å². The van der Waals surface area contributed by atoms with Crippen LogP contribution >= 0.6 is 0 Å². The molecule has 2 atom stereocenters. The molecule has 1 aliphatic heterocycles. The van der Waals surface area contributed by atoms with E-state index in [-0.39, 0.29) is 19.6 Å². The first-order valence-electron chi connectivity index (χ1n) is 10.2. The second-order valence-electron chi connectivity index (χ2n) is 7.35. The number of nitrogens with zero attached hydrogens (tertiary/aromatic N) is 1. The van der Waals surface area contributed by atoms with E-state index in [9.17, 15) is 19.5 Å². The lowest BCUT2D eigenvalue weighted by Gasteiger charge is -2.18. The molecule has 0 unspecified atom stereocenters. The third-order valence-electron chi connectivity index (χ3n) is 5.29. The van der Waals surface area contributed by atoms with Gasteiger partial charge in [0.25, 0.3) is 5.91 Å². The van der Waals surface area contributed by atoms with Crippen molar-refractivity contribution < 1.29 is 29.0 Å². The first-order chi connectivity index (χ1) is 15.5. The van der Waals surface area contributed by atoms with Gasteiger partial charge in [-0.15, -0.1) is 0 Å². The molecule has 1 heterocycles. The first-order valence-corrected chi connectivity index (χ1v) is 10.2. The monoisotopic (exact) mass is 441 g/mol. The van der Waals surface area contributed by atoms with E-state index in [0.29, 0.717) is 17.9 Å². The maximum atomic E-state index is 12.7. The molecule has 2 aromatic rings. The summed E-state index contributed by atoms with van der Waals surface area (Å²) in [5.74, 6) is 0.266. The molecule has 0 radical (unpaired) electrons. The summed E-state index contributed by atoms with van der Waals surface area (Å²) in [6, 6.07) is 12.4. The van der Waals surface area contributed by atoms with Crippen LogP contribution in [-0.4, -0.2) is 61.3 Å². The highest BCUT2D eigenvalue weighted by Gasteiger charge is 2.38. The number of amides is 4. The standard InChI is InChI=1S/C23H27N3O6/c1-31-19-9-8-15(12-20(19)32-2)10-11-26-22(29)17(25-23(26)30)13-21(28)24-18(14-27)16-6-4-3-5-7-16/h3-9,12,17-18,27H,10-11,13-14H2,1-2H3,(H,24,28)(H,25,30)/t17-,18+/m1/s1.